The molecular weight excluding hydrogens is 362 g/mol. The summed E-state index contributed by atoms with van der Waals surface area (Å²) in [6.07, 6.45) is 2.08. The Morgan fingerprint density at radius 3 is 1.79 bits per heavy atom. The first-order chi connectivity index (χ1) is 13.0. The molecule has 1 aliphatic carbocycles. The number of amides is 1. The highest BCUT2D eigenvalue weighted by Gasteiger charge is 2.48. The van der Waals surface area contributed by atoms with E-state index in [9.17, 15) is 14.4 Å². The Hall–Kier alpha value is -1.79. The maximum absolute atomic E-state index is 12.4. The Bertz CT molecular complexity index is 486. The smallest absolute Gasteiger partial charge is 0.407 e. The van der Waals surface area contributed by atoms with Crippen molar-refractivity contribution >= 4 is 18.0 Å². The van der Waals surface area contributed by atoms with Crippen LogP contribution in [0.4, 0.5) is 4.79 Å². The number of rotatable bonds is 6. The van der Waals surface area contributed by atoms with E-state index >= 15 is 0 Å². The summed E-state index contributed by atoms with van der Waals surface area (Å²) in [5, 5.41) is 2.87. The molecule has 0 bridgehead atoms. The predicted molar refractivity (Wildman–Crippen MR) is 108 cm³/mol. The molecule has 0 aromatic carbocycles. The van der Waals surface area contributed by atoms with E-state index in [0.717, 1.165) is 0 Å². The lowest BCUT2D eigenvalue weighted by Crippen LogP contribution is -2.47. The fraction of sp³-hybridized carbons (Fsp3) is 0.857. The number of nitrogens with one attached hydrogen (secondary N) is 1. The maximum atomic E-state index is 12.4. The molecule has 28 heavy (non-hydrogen) atoms. The summed E-state index contributed by atoms with van der Waals surface area (Å²) >= 11 is 0. The number of carbonyl (C=O) groups is 3. The Morgan fingerprint density at radius 2 is 1.43 bits per heavy atom. The monoisotopic (exact) mass is 401 g/mol. The number of hydrogen-bond acceptors (Lipinski definition) is 6. The van der Waals surface area contributed by atoms with Crippen LogP contribution in [0.25, 0.3) is 0 Å². The van der Waals surface area contributed by atoms with Crippen LogP contribution in [-0.4, -0.2) is 42.9 Å². The summed E-state index contributed by atoms with van der Waals surface area (Å²) in [7, 11) is 0. The molecule has 1 aliphatic rings. The van der Waals surface area contributed by atoms with E-state index in [1.165, 1.54) is 0 Å². The van der Waals surface area contributed by atoms with Gasteiger partial charge in [0.15, 0.2) is 5.92 Å². The van der Waals surface area contributed by atoms with Gasteiger partial charge in [0.25, 0.3) is 0 Å². The van der Waals surface area contributed by atoms with Gasteiger partial charge >= 0.3 is 18.0 Å². The van der Waals surface area contributed by atoms with E-state index in [2.05, 4.69) is 5.32 Å². The first kappa shape index (κ1) is 26.2. The van der Waals surface area contributed by atoms with E-state index in [0.29, 0.717) is 25.7 Å². The van der Waals surface area contributed by atoms with E-state index in [1.54, 1.807) is 13.8 Å². The molecule has 0 aromatic rings. The average Bonchev–Trinajstić information content (AvgIpc) is 2.58. The van der Waals surface area contributed by atoms with E-state index in [4.69, 9.17) is 14.2 Å². The van der Waals surface area contributed by atoms with Gasteiger partial charge in [-0.2, -0.15) is 0 Å². The van der Waals surface area contributed by atoms with Crippen molar-refractivity contribution < 1.29 is 28.6 Å². The molecule has 1 fully saturated rings. The van der Waals surface area contributed by atoms with Crippen molar-refractivity contribution in [2.45, 2.75) is 92.7 Å². The Labute approximate surface area is 169 Å². The summed E-state index contributed by atoms with van der Waals surface area (Å²) in [4.78, 5) is 36.7. The fourth-order valence-electron chi connectivity index (χ4n) is 3.30. The van der Waals surface area contributed by atoms with Crippen LogP contribution in [0.1, 0.15) is 81.1 Å². The number of alkyl carbamates (subject to hydrolysis) is 1. The number of esters is 2. The van der Waals surface area contributed by atoms with Gasteiger partial charge in [-0.05, 0) is 65.7 Å². The molecule has 0 aromatic heterocycles. The lowest BCUT2D eigenvalue weighted by Gasteiger charge is -2.40. The van der Waals surface area contributed by atoms with E-state index in [-0.39, 0.29) is 19.3 Å². The highest BCUT2D eigenvalue weighted by atomic mass is 16.6. The van der Waals surface area contributed by atoms with Gasteiger partial charge in [0.1, 0.15) is 5.60 Å². The highest BCUT2D eigenvalue weighted by molar-refractivity contribution is 5.95. The van der Waals surface area contributed by atoms with Gasteiger partial charge in [-0.25, -0.2) is 4.79 Å². The number of ether oxygens (including phenoxy) is 3. The standard InChI is InChI=1S/C19H33NO6.C2H6/c1-7-24-15(21)14(16(22)25-8-2)19(6)11-9-13(10-12-19)20-17(23)26-18(3,4)5;1-2/h13-14H,7-12H2,1-6H3,(H,20,23);1-2H3. The zero-order valence-corrected chi connectivity index (χ0v) is 18.8. The van der Waals surface area contributed by atoms with Gasteiger partial charge in [0.2, 0.25) is 0 Å². The molecular formula is C21H39NO6. The minimum atomic E-state index is -0.940. The molecule has 7 heteroatoms. The minimum absolute atomic E-state index is 0.0389. The Morgan fingerprint density at radius 1 is 1.00 bits per heavy atom. The number of carbonyl (C=O) groups excluding carboxylic acids is 3. The summed E-state index contributed by atoms with van der Waals surface area (Å²) in [5.74, 6) is -2.01. The van der Waals surface area contributed by atoms with Crippen LogP contribution in [0.2, 0.25) is 0 Å². The fourth-order valence-corrected chi connectivity index (χ4v) is 3.30. The zero-order valence-electron chi connectivity index (χ0n) is 18.8. The second-order valence-electron chi connectivity index (χ2n) is 8.01. The number of hydrogen-bond donors (Lipinski definition) is 1. The van der Waals surface area contributed by atoms with Crippen molar-refractivity contribution in [3.8, 4) is 0 Å². The third-order valence-electron chi connectivity index (χ3n) is 4.59. The molecule has 0 radical (unpaired) electrons. The summed E-state index contributed by atoms with van der Waals surface area (Å²) in [6.45, 7) is 15.2. The summed E-state index contributed by atoms with van der Waals surface area (Å²) in [5.41, 5.74) is -1.10. The van der Waals surface area contributed by atoms with Gasteiger partial charge in [0, 0.05) is 6.04 Å². The molecule has 7 nitrogen and oxygen atoms in total. The predicted octanol–water partition coefficient (Wildman–Crippen LogP) is 4.23. The molecule has 1 saturated carbocycles. The lowest BCUT2D eigenvalue weighted by atomic mass is 9.66. The van der Waals surface area contributed by atoms with Crippen molar-refractivity contribution in [2.75, 3.05) is 13.2 Å². The molecule has 0 atom stereocenters. The molecule has 1 N–H and O–H groups in total. The van der Waals surface area contributed by atoms with Gasteiger partial charge in [0.05, 0.1) is 13.2 Å². The van der Waals surface area contributed by atoms with Crippen molar-refractivity contribution in [2.24, 2.45) is 11.3 Å². The van der Waals surface area contributed by atoms with Gasteiger partial charge in [-0.3, -0.25) is 9.59 Å². The first-order valence-electron chi connectivity index (χ1n) is 10.3. The largest absolute Gasteiger partial charge is 0.465 e. The second-order valence-corrected chi connectivity index (χ2v) is 8.01. The average molecular weight is 402 g/mol. The molecule has 1 amide bonds. The van der Waals surface area contributed by atoms with Crippen LogP contribution in [0.5, 0.6) is 0 Å². The van der Waals surface area contributed by atoms with Crippen LogP contribution in [-0.2, 0) is 23.8 Å². The third kappa shape index (κ3) is 8.48. The lowest BCUT2D eigenvalue weighted by molar-refractivity contribution is -0.169. The molecule has 1 rings (SSSR count). The van der Waals surface area contributed by atoms with Gasteiger partial charge in [-0.15, -0.1) is 0 Å². The van der Waals surface area contributed by atoms with E-state index in [1.807, 2.05) is 41.5 Å². The molecule has 0 heterocycles. The van der Waals surface area contributed by atoms with Crippen molar-refractivity contribution in [1.29, 1.82) is 0 Å². The minimum Gasteiger partial charge on any atom is -0.465 e. The third-order valence-corrected chi connectivity index (χ3v) is 4.59. The van der Waals surface area contributed by atoms with Gasteiger partial charge < -0.3 is 19.5 Å². The van der Waals surface area contributed by atoms with Gasteiger partial charge in [-0.1, -0.05) is 20.8 Å². The Balaban J connectivity index is 0.00000352. The summed E-state index contributed by atoms with van der Waals surface area (Å²) in [6, 6.07) is -0.0389. The van der Waals surface area contributed by atoms with Crippen LogP contribution >= 0.6 is 0 Å². The quantitative estimate of drug-likeness (QED) is 0.407. The molecule has 0 aliphatic heterocycles. The maximum Gasteiger partial charge on any atom is 0.407 e. The second kappa shape index (κ2) is 11.9. The van der Waals surface area contributed by atoms with Crippen molar-refractivity contribution in [3.05, 3.63) is 0 Å². The van der Waals surface area contributed by atoms with Crippen LogP contribution < -0.4 is 5.32 Å². The molecule has 0 spiro atoms. The normalized spacial score (nSPS) is 21.8. The molecule has 164 valence electrons. The summed E-state index contributed by atoms with van der Waals surface area (Å²) < 4.78 is 15.5. The molecule has 0 saturated heterocycles. The zero-order chi connectivity index (χ0) is 22.0. The van der Waals surface area contributed by atoms with Crippen LogP contribution in [0.3, 0.4) is 0 Å². The van der Waals surface area contributed by atoms with Crippen LogP contribution in [0.15, 0.2) is 0 Å². The van der Waals surface area contributed by atoms with E-state index < -0.39 is 35.0 Å². The van der Waals surface area contributed by atoms with Crippen LogP contribution in [0, 0.1) is 11.3 Å². The Kier molecular flexibility index (Phi) is 11.2. The first-order valence-corrected chi connectivity index (χ1v) is 10.3. The SMILES string of the molecule is CC.CCOC(=O)C(C(=O)OCC)C1(C)CCC(NC(=O)OC(C)(C)C)CC1. The highest BCUT2D eigenvalue weighted by Crippen LogP contribution is 2.43. The topological polar surface area (TPSA) is 90.9 Å². The molecule has 0 unspecified atom stereocenters. The van der Waals surface area contributed by atoms with Crippen molar-refractivity contribution in [1.82, 2.24) is 5.32 Å². The van der Waals surface area contributed by atoms with Crippen molar-refractivity contribution in [3.63, 3.8) is 0 Å².